The summed E-state index contributed by atoms with van der Waals surface area (Å²) in [5.74, 6) is 1.69. The molecule has 2 aliphatic rings. The Bertz CT molecular complexity index is 280. The zero-order valence-corrected chi connectivity index (χ0v) is 13.4. The van der Waals surface area contributed by atoms with Crippen LogP contribution in [0.5, 0.6) is 0 Å². The van der Waals surface area contributed by atoms with E-state index in [-0.39, 0.29) is 23.7 Å². The highest BCUT2D eigenvalue weighted by Crippen LogP contribution is 2.43. The second-order valence-corrected chi connectivity index (χ2v) is 7.52. The van der Waals surface area contributed by atoms with Gasteiger partial charge in [-0.1, -0.05) is 47.0 Å². The maximum absolute atomic E-state index is 10.4. The summed E-state index contributed by atoms with van der Waals surface area (Å²) < 4.78 is 6.57. The second-order valence-electron chi connectivity index (χ2n) is 7.52. The number of aliphatic hydroxyl groups excluding tert-OH is 1. The Morgan fingerprint density at radius 1 is 0.842 bits per heavy atom. The average Bonchev–Trinajstić information content (AvgIpc) is 2.40. The van der Waals surface area contributed by atoms with Crippen LogP contribution in [0.1, 0.15) is 66.7 Å². The van der Waals surface area contributed by atoms with Crippen LogP contribution in [-0.4, -0.2) is 22.9 Å². The highest BCUT2D eigenvalue weighted by Gasteiger charge is 2.45. The predicted octanol–water partition coefficient (Wildman–Crippen LogP) is 4.01. The molecule has 2 nitrogen and oxygen atoms in total. The van der Waals surface area contributed by atoms with Gasteiger partial charge in [0.05, 0.1) is 17.8 Å². The summed E-state index contributed by atoms with van der Waals surface area (Å²) in [4.78, 5) is 0. The van der Waals surface area contributed by atoms with Gasteiger partial charge in [0, 0.05) is 5.92 Å². The quantitative estimate of drug-likeness (QED) is 0.820. The zero-order chi connectivity index (χ0) is 14.2. The molecule has 0 amide bonds. The number of rotatable bonds is 2. The molecule has 2 rings (SSSR count). The first-order valence-electron chi connectivity index (χ1n) is 8.21. The van der Waals surface area contributed by atoms with E-state index in [1.54, 1.807) is 0 Å². The minimum absolute atomic E-state index is 0.0471. The minimum Gasteiger partial charge on any atom is -0.392 e. The van der Waals surface area contributed by atoms with Crippen LogP contribution in [0.2, 0.25) is 0 Å². The van der Waals surface area contributed by atoms with E-state index in [9.17, 15) is 5.11 Å². The maximum atomic E-state index is 10.4. The van der Waals surface area contributed by atoms with Crippen LogP contribution in [-0.2, 0) is 4.74 Å². The lowest BCUT2D eigenvalue weighted by Gasteiger charge is -2.49. The van der Waals surface area contributed by atoms with Gasteiger partial charge in [-0.2, -0.15) is 0 Å². The number of hydrogen-bond acceptors (Lipinski definition) is 2. The molecular weight excluding hydrogens is 236 g/mol. The van der Waals surface area contributed by atoms with Gasteiger partial charge in [0.2, 0.25) is 0 Å². The van der Waals surface area contributed by atoms with Crippen LogP contribution in [0.4, 0.5) is 0 Å². The van der Waals surface area contributed by atoms with Crippen molar-refractivity contribution >= 4 is 0 Å². The summed E-state index contributed by atoms with van der Waals surface area (Å²) in [5.41, 5.74) is 0.0471. The lowest BCUT2D eigenvalue weighted by Crippen LogP contribution is -2.52. The fraction of sp³-hybridized carbons (Fsp3) is 1.00. The van der Waals surface area contributed by atoms with E-state index in [1.165, 1.54) is 32.1 Å². The van der Waals surface area contributed by atoms with Crippen LogP contribution in [0.15, 0.2) is 0 Å². The van der Waals surface area contributed by atoms with Gasteiger partial charge in [0.25, 0.3) is 0 Å². The van der Waals surface area contributed by atoms with Gasteiger partial charge in [-0.25, -0.2) is 0 Å². The van der Waals surface area contributed by atoms with E-state index in [1.807, 2.05) is 0 Å². The van der Waals surface area contributed by atoms with Crippen molar-refractivity contribution in [1.82, 2.24) is 0 Å². The topological polar surface area (TPSA) is 29.5 Å². The Kier molecular flexibility index (Phi) is 4.62. The molecule has 19 heavy (non-hydrogen) atoms. The fourth-order valence-corrected chi connectivity index (χ4v) is 4.20. The van der Waals surface area contributed by atoms with E-state index >= 15 is 0 Å². The molecule has 0 aliphatic heterocycles. The van der Waals surface area contributed by atoms with Crippen LogP contribution < -0.4 is 0 Å². The molecule has 0 saturated heterocycles. The third-order valence-corrected chi connectivity index (χ3v) is 6.10. The SMILES string of the molecule is C[C@H]1[C@@H](C)[C@H](O)[C@@H](C)[C@H](OC2(C)CCCCC2)[C@H]1C. The van der Waals surface area contributed by atoms with Gasteiger partial charge in [0.15, 0.2) is 0 Å². The van der Waals surface area contributed by atoms with Gasteiger partial charge < -0.3 is 9.84 Å². The van der Waals surface area contributed by atoms with E-state index in [4.69, 9.17) is 4.74 Å². The molecule has 2 heteroatoms. The Labute approximate surface area is 118 Å². The molecule has 0 aromatic carbocycles. The van der Waals surface area contributed by atoms with Crippen molar-refractivity contribution in [2.45, 2.75) is 84.5 Å². The van der Waals surface area contributed by atoms with Crippen LogP contribution >= 0.6 is 0 Å². The first-order chi connectivity index (χ1) is 8.86. The summed E-state index contributed by atoms with van der Waals surface area (Å²) in [5, 5.41) is 10.4. The monoisotopic (exact) mass is 268 g/mol. The van der Waals surface area contributed by atoms with Gasteiger partial charge >= 0.3 is 0 Å². The summed E-state index contributed by atoms with van der Waals surface area (Å²) in [6.45, 7) is 11.2. The van der Waals surface area contributed by atoms with E-state index in [0.29, 0.717) is 17.8 Å². The molecule has 0 bridgehead atoms. The van der Waals surface area contributed by atoms with Gasteiger partial charge in [0.1, 0.15) is 0 Å². The molecule has 2 aliphatic carbocycles. The molecule has 0 radical (unpaired) electrons. The normalized spacial score (nSPS) is 47.1. The summed E-state index contributed by atoms with van der Waals surface area (Å²) in [6.07, 6.45) is 6.30. The molecule has 0 unspecified atom stereocenters. The number of aliphatic hydroxyl groups is 1. The molecular formula is C17H32O2. The molecule has 0 aromatic rings. The first kappa shape index (κ1) is 15.3. The van der Waals surface area contributed by atoms with Gasteiger partial charge in [-0.3, -0.25) is 0 Å². The van der Waals surface area contributed by atoms with Crippen LogP contribution in [0.25, 0.3) is 0 Å². The molecule has 1 N–H and O–H groups in total. The van der Waals surface area contributed by atoms with Gasteiger partial charge in [-0.15, -0.1) is 0 Å². The molecule has 0 heterocycles. The zero-order valence-electron chi connectivity index (χ0n) is 13.4. The molecule has 112 valence electrons. The standard InChI is InChI=1S/C17H32O2/c1-11-12(2)15(18)14(4)16(13(11)3)19-17(5)9-7-6-8-10-17/h11-16,18H,6-10H2,1-5H3/t11-,12+,13-,14+,15-,16+/m0/s1. The lowest BCUT2D eigenvalue weighted by molar-refractivity contribution is -0.189. The summed E-state index contributed by atoms with van der Waals surface area (Å²) >= 11 is 0. The molecule has 2 saturated carbocycles. The van der Waals surface area contributed by atoms with Crippen molar-refractivity contribution in [2.75, 3.05) is 0 Å². The van der Waals surface area contributed by atoms with E-state index in [0.717, 1.165) is 0 Å². The summed E-state index contributed by atoms with van der Waals surface area (Å²) in [6, 6.07) is 0. The molecule has 0 spiro atoms. The Morgan fingerprint density at radius 3 is 2.00 bits per heavy atom. The molecule has 2 fully saturated rings. The Morgan fingerprint density at radius 2 is 1.42 bits per heavy atom. The molecule has 6 atom stereocenters. The third-order valence-electron chi connectivity index (χ3n) is 6.10. The maximum Gasteiger partial charge on any atom is 0.0660 e. The van der Waals surface area contributed by atoms with Crippen molar-refractivity contribution in [3.05, 3.63) is 0 Å². The lowest BCUT2D eigenvalue weighted by atomic mass is 9.66. The van der Waals surface area contributed by atoms with Gasteiger partial charge in [-0.05, 0) is 37.5 Å². The largest absolute Gasteiger partial charge is 0.392 e. The van der Waals surface area contributed by atoms with E-state index < -0.39 is 0 Å². The first-order valence-corrected chi connectivity index (χ1v) is 8.21. The van der Waals surface area contributed by atoms with Crippen LogP contribution in [0, 0.1) is 23.7 Å². The highest BCUT2D eigenvalue weighted by molar-refractivity contribution is 4.94. The van der Waals surface area contributed by atoms with Crippen molar-refractivity contribution in [1.29, 1.82) is 0 Å². The fourth-order valence-electron chi connectivity index (χ4n) is 4.20. The van der Waals surface area contributed by atoms with Crippen LogP contribution in [0.3, 0.4) is 0 Å². The predicted molar refractivity (Wildman–Crippen MR) is 79.0 cm³/mol. The van der Waals surface area contributed by atoms with E-state index in [2.05, 4.69) is 34.6 Å². The smallest absolute Gasteiger partial charge is 0.0660 e. The van der Waals surface area contributed by atoms with Crippen molar-refractivity contribution in [2.24, 2.45) is 23.7 Å². The summed E-state index contributed by atoms with van der Waals surface area (Å²) in [7, 11) is 0. The number of ether oxygens (including phenoxy) is 1. The molecule has 0 aromatic heterocycles. The second kappa shape index (κ2) is 5.73. The average molecular weight is 268 g/mol. The van der Waals surface area contributed by atoms with Crippen molar-refractivity contribution in [3.63, 3.8) is 0 Å². The van der Waals surface area contributed by atoms with Crippen molar-refractivity contribution < 1.29 is 9.84 Å². The minimum atomic E-state index is -0.219. The Balaban J connectivity index is 2.09. The Hall–Kier alpha value is -0.0800. The van der Waals surface area contributed by atoms with Crippen molar-refractivity contribution in [3.8, 4) is 0 Å². The third kappa shape index (κ3) is 3.00. The highest BCUT2D eigenvalue weighted by atomic mass is 16.5. The number of hydrogen-bond donors (Lipinski definition) is 1.